The normalized spacial score (nSPS) is 12.5. The monoisotopic (exact) mass is 974 g/mol. The maximum absolute atomic E-state index is 2.64. The maximum Gasteiger partial charge on any atom is 0.252 e. The summed E-state index contributed by atoms with van der Waals surface area (Å²) in [7, 11) is 0. The third-order valence-electron chi connectivity index (χ3n) is 16.1. The molecule has 0 aromatic heterocycles. The summed E-state index contributed by atoms with van der Waals surface area (Å²) in [5.41, 5.74) is 23.8. The van der Waals surface area contributed by atoms with Crippen LogP contribution in [0.5, 0.6) is 0 Å². The molecule has 2 aliphatic heterocycles. The van der Waals surface area contributed by atoms with Crippen molar-refractivity contribution in [3.63, 3.8) is 0 Å². The predicted molar refractivity (Wildman–Crippen MR) is 324 cm³/mol. The Morgan fingerprint density at radius 1 is 0.365 bits per heavy atom. The van der Waals surface area contributed by atoms with Gasteiger partial charge in [-0.05, 0) is 193 Å². The van der Waals surface area contributed by atoms with Crippen LogP contribution in [0, 0.1) is 0 Å². The molecule has 0 N–H and O–H groups in total. The Bertz CT molecular complexity index is 3020. The predicted octanol–water partition coefficient (Wildman–Crippen LogP) is 18.4. The van der Waals surface area contributed by atoms with Gasteiger partial charge in [0.05, 0.1) is 11.4 Å². The lowest BCUT2D eigenvalue weighted by Crippen LogP contribution is -2.61. The molecular weight excluding hydrogens is 894 g/mol. The lowest BCUT2D eigenvalue weighted by atomic mass is 9.33. The van der Waals surface area contributed by atoms with Gasteiger partial charge >= 0.3 is 0 Å². The Balaban J connectivity index is 1.31. The second-order valence-electron chi connectivity index (χ2n) is 21.5. The molecule has 0 atom stereocenters. The first kappa shape index (κ1) is 51.0. The third-order valence-corrected chi connectivity index (χ3v) is 16.1. The first-order chi connectivity index (χ1) is 36.5. The van der Waals surface area contributed by atoms with Crippen molar-refractivity contribution in [3.8, 4) is 0 Å². The number of rotatable bonds is 23. The largest absolute Gasteiger partial charge is 0.311 e. The summed E-state index contributed by atoms with van der Waals surface area (Å²) in [6.07, 6.45) is 20.6. The molecular formula is C70H80BN3. The molecule has 8 aromatic rings. The number of unbranched alkanes of at least 4 members (excludes halogenated alkanes) is 6. The topological polar surface area (TPSA) is 9.72 Å². The van der Waals surface area contributed by atoms with Crippen LogP contribution >= 0.6 is 0 Å². The van der Waals surface area contributed by atoms with Gasteiger partial charge in [0, 0.05) is 45.2 Å². The summed E-state index contributed by atoms with van der Waals surface area (Å²) in [5.74, 6) is 0. The molecule has 74 heavy (non-hydrogen) atoms. The zero-order valence-electron chi connectivity index (χ0n) is 45.7. The second kappa shape index (κ2) is 23.8. The Morgan fingerprint density at radius 2 is 0.797 bits per heavy atom. The van der Waals surface area contributed by atoms with Gasteiger partial charge in [0.1, 0.15) is 0 Å². The van der Waals surface area contributed by atoms with E-state index >= 15 is 0 Å². The standard InChI is InChI=1S/C70H80BN3/c1-7-13-22-51-30-39-59(40-31-51)73-65-44-35-54(25-16-10-4)47-63(65)71-64-48-55(26-17-11-5)36-45-66(64)74(60-41-32-52(33-42-60)23-14-8-2)68-50-61(49-67(73)69(68)71)72(58-28-20-19-21-29-58)70-56(27-18-12-6)37-38-57-46-53(24-15-9-3)34-43-62(57)70/h19-21,28-50H,7-18,22-27H2,1-6H3. The van der Waals surface area contributed by atoms with E-state index in [0.29, 0.717) is 0 Å². The Hall–Kier alpha value is -6.52. The van der Waals surface area contributed by atoms with Gasteiger partial charge in [0.2, 0.25) is 0 Å². The van der Waals surface area contributed by atoms with E-state index in [1.54, 1.807) is 0 Å². The van der Waals surface area contributed by atoms with Crippen molar-refractivity contribution in [2.45, 2.75) is 157 Å². The van der Waals surface area contributed by atoms with Crippen LogP contribution in [-0.4, -0.2) is 6.71 Å². The van der Waals surface area contributed by atoms with E-state index in [1.165, 1.54) is 176 Å². The summed E-state index contributed by atoms with van der Waals surface area (Å²) >= 11 is 0. The maximum atomic E-state index is 2.64. The molecule has 10 rings (SSSR count). The van der Waals surface area contributed by atoms with Crippen molar-refractivity contribution < 1.29 is 0 Å². The molecule has 0 fully saturated rings. The van der Waals surface area contributed by atoms with Gasteiger partial charge < -0.3 is 14.7 Å². The van der Waals surface area contributed by atoms with E-state index in [9.17, 15) is 0 Å². The van der Waals surface area contributed by atoms with Crippen molar-refractivity contribution in [3.05, 3.63) is 191 Å². The summed E-state index contributed by atoms with van der Waals surface area (Å²) in [6, 6.07) is 62.8. The fourth-order valence-electron chi connectivity index (χ4n) is 12.0. The number of aryl methyl sites for hydroxylation is 6. The Labute approximate surface area is 445 Å². The summed E-state index contributed by atoms with van der Waals surface area (Å²) in [4.78, 5) is 7.92. The molecule has 0 saturated carbocycles. The number of nitrogens with zero attached hydrogens (tertiary/aromatic N) is 3. The van der Waals surface area contributed by atoms with Crippen LogP contribution in [0.3, 0.4) is 0 Å². The highest BCUT2D eigenvalue weighted by Crippen LogP contribution is 2.50. The smallest absolute Gasteiger partial charge is 0.252 e. The molecule has 0 unspecified atom stereocenters. The summed E-state index contributed by atoms with van der Waals surface area (Å²) < 4.78 is 0. The van der Waals surface area contributed by atoms with E-state index in [1.807, 2.05) is 0 Å². The molecule has 2 aliphatic rings. The van der Waals surface area contributed by atoms with Crippen molar-refractivity contribution in [2.24, 2.45) is 0 Å². The average molecular weight is 974 g/mol. The highest BCUT2D eigenvalue weighted by Gasteiger charge is 2.44. The number of benzene rings is 8. The summed E-state index contributed by atoms with van der Waals surface area (Å²) in [5, 5.41) is 2.62. The molecule has 378 valence electrons. The van der Waals surface area contributed by atoms with Gasteiger partial charge in [-0.2, -0.15) is 0 Å². The SMILES string of the molecule is CCCCc1ccc(N2c3ccc(CCCC)cc3B3c4cc(CCCC)ccc4N(c4ccc(CCCC)cc4)c4cc(N(c5ccccc5)c5c(CCCC)ccc6cc(CCCC)ccc56)cc2c43)cc1. The van der Waals surface area contributed by atoms with Crippen molar-refractivity contribution >= 4 is 85.1 Å². The Kier molecular flexibility index (Phi) is 16.4. The third kappa shape index (κ3) is 10.4. The van der Waals surface area contributed by atoms with Crippen LogP contribution in [0.25, 0.3) is 10.8 Å². The Morgan fingerprint density at radius 3 is 1.28 bits per heavy atom. The van der Waals surface area contributed by atoms with Crippen LogP contribution in [-0.2, 0) is 38.5 Å². The number of para-hydroxylation sites is 1. The van der Waals surface area contributed by atoms with Crippen LogP contribution < -0.4 is 31.1 Å². The van der Waals surface area contributed by atoms with Gasteiger partial charge in [-0.1, -0.05) is 177 Å². The fourth-order valence-corrected chi connectivity index (χ4v) is 12.0. The van der Waals surface area contributed by atoms with Crippen molar-refractivity contribution in [1.29, 1.82) is 0 Å². The minimum Gasteiger partial charge on any atom is -0.311 e. The molecule has 0 bridgehead atoms. The molecule has 0 radical (unpaired) electrons. The van der Waals surface area contributed by atoms with Gasteiger partial charge in [0.15, 0.2) is 0 Å². The molecule has 0 aliphatic carbocycles. The molecule has 4 heteroatoms. The van der Waals surface area contributed by atoms with Crippen LogP contribution in [0.4, 0.5) is 51.2 Å². The molecule has 0 spiro atoms. The first-order valence-electron chi connectivity index (χ1n) is 29.1. The van der Waals surface area contributed by atoms with Crippen LogP contribution in [0.2, 0.25) is 0 Å². The first-order valence-corrected chi connectivity index (χ1v) is 29.1. The van der Waals surface area contributed by atoms with E-state index in [0.717, 1.165) is 51.4 Å². The van der Waals surface area contributed by atoms with Gasteiger partial charge in [-0.25, -0.2) is 0 Å². The summed E-state index contributed by atoms with van der Waals surface area (Å²) in [6.45, 7) is 13.9. The highest BCUT2D eigenvalue weighted by molar-refractivity contribution is 7.00. The van der Waals surface area contributed by atoms with Crippen molar-refractivity contribution in [1.82, 2.24) is 0 Å². The van der Waals surface area contributed by atoms with Gasteiger partial charge in [-0.3, -0.25) is 0 Å². The molecule has 0 saturated heterocycles. The van der Waals surface area contributed by atoms with Crippen LogP contribution in [0.1, 0.15) is 152 Å². The van der Waals surface area contributed by atoms with Gasteiger partial charge in [-0.15, -0.1) is 0 Å². The molecule has 0 amide bonds. The molecule has 3 nitrogen and oxygen atoms in total. The van der Waals surface area contributed by atoms with E-state index in [-0.39, 0.29) is 6.71 Å². The lowest BCUT2D eigenvalue weighted by molar-refractivity contribution is 0.794. The molecule has 2 heterocycles. The molecule has 8 aromatic carbocycles. The number of anilines is 9. The quantitative estimate of drug-likeness (QED) is 0.0592. The second-order valence-corrected chi connectivity index (χ2v) is 21.5. The lowest BCUT2D eigenvalue weighted by Gasteiger charge is -2.45. The minimum atomic E-state index is 0.0479. The number of hydrogen-bond donors (Lipinski definition) is 0. The average Bonchev–Trinajstić information content (AvgIpc) is 3.52. The number of hydrogen-bond acceptors (Lipinski definition) is 3. The minimum absolute atomic E-state index is 0.0479. The fraction of sp³-hybridized carbons (Fsp3) is 0.343. The van der Waals surface area contributed by atoms with E-state index in [2.05, 4.69) is 214 Å². The zero-order chi connectivity index (χ0) is 51.0. The highest BCUT2D eigenvalue weighted by atomic mass is 15.2. The van der Waals surface area contributed by atoms with Crippen molar-refractivity contribution in [2.75, 3.05) is 14.7 Å². The van der Waals surface area contributed by atoms with E-state index < -0.39 is 0 Å². The van der Waals surface area contributed by atoms with Crippen LogP contribution in [0.15, 0.2) is 158 Å². The number of fused-ring (bicyclic) bond motifs is 5. The van der Waals surface area contributed by atoms with E-state index in [4.69, 9.17) is 0 Å². The van der Waals surface area contributed by atoms with Gasteiger partial charge in [0.25, 0.3) is 6.71 Å². The zero-order valence-corrected chi connectivity index (χ0v) is 45.7.